The summed E-state index contributed by atoms with van der Waals surface area (Å²) in [7, 11) is -4.03. The number of halogens is 1. The molecule has 0 amide bonds. The Labute approximate surface area is 122 Å². The van der Waals surface area contributed by atoms with Crippen molar-refractivity contribution in [2.45, 2.75) is 17.9 Å². The van der Waals surface area contributed by atoms with Crippen LogP contribution in [0.1, 0.15) is 12.0 Å². The third-order valence-corrected chi connectivity index (χ3v) is 4.59. The first-order valence-electron chi connectivity index (χ1n) is 6.56. The van der Waals surface area contributed by atoms with Crippen LogP contribution in [0.3, 0.4) is 0 Å². The molecule has 5 nitrogen and oxygen atoms in total. The maximum absolute atomic E-state index is 13.6. The van der Waals surface area contributed by atoms with E-state index in [1.807, 2.05) is 6.07 Å². The molecule has 21 heavy (non-hydrogen) atoms. The average molecular weight is 307 g/mol. The Bertz CT molecular complexity index is 778. The number of benzene rings is 1. The van der Waals surface area contributed by atoms with E-state index in [9.17, 15) is 12.8 Å². The molecule has 1 aromatic carbocycles. The predicted molar refractivity (Wildman–Crippen MR) is 78.3 cm³/mol. The molecule has 1 aliphatic rings. The second-order valence-corrected chi connectivity index (χ2v) is 6.40. The van der Waals surface area contributed by atoms with Crippen LogP contribution in [0.4, 0.5) is 15.8 Å². The summed E-state index contributed by atoms with van der Waals surface area (Å²) in [5.74, 6) is -0.871. The normalized spacial score (nSPS) is 14.1. The second kappa shape index (κ2) is 5.33. The summed E-state index contributed by atoms with van der Waals surface area (Å²) in [5.41, 5.74) is 2.46. The first-order valence-corrected chi connectivity index (χ1v) is 8.05. The molecule has 110 valence electrons. The maximum Gasteiger partial charge on any atom is 0.282 e. The number of sulfonamides is 1. The Morgan fingerprint density at radius 2 is 2.14 bits per heavy atom. The summed E-state index contributed by atoms with van der Waals surface area (Å²) in [4.78, 5) is 3.60. The molecular weight excluding hydrogens is 293 g/mol. The van der Waals surface area contributed by atoms with Crippen molar-refractivity contribution in [3.05, 3.63) is 47.9 Å². The molecule has 3 rings (SSSR count). The fourth-order valence-corrected chi connectivity index (χ4v) is 3.37. The van der Waals surface area contributed by atoms with Crippen LogP contribution in [0.25, 0.3) is 0 Å². The first kappa shape index (κ1) is 13.8. The number of aryl methyl sites for hydroxylation is 1. The van der Waals surface area contributed by atoms with Crippen molar-refractivity contribution in [1.82, 2.24) is 4.98 Å². The number of fused-ring (bicyclic) bond motifs is 1. The van der Waals surface area contributed by atoms with Crippen LogP contribution in [0.15, 0.2) is 41.6 Å². The molecule has 0 radical (unpaired) electrons. The van der Waals surface area contributed by atoms with Gasteiger partial charge in [0.1, 0.15) is 0 Å². The van der Waals surface area contributed by atoms with Crippen molar-refractivity contribution >= 4 is 21.4 Å². The zero-order valence-corrected chi connectivity index (χ0v) is 12.0. The van der Waals surface area contributed by atoms with E-state index in [0.717, 1.165) is 36.7 Å². The van der Waals surface area contributed by atoms with E-state index in [-0.39, 0.29) is 0 Å². The van der Waals surface area contributed by atoms with Gasteiger partial charge in [-0.2, -0.15) is 8.42 Å². The summed E-state index contributed by atoms with van der Waals surface area (Å²) in [6, 6.07) is 7.65. The van der Waals surface area contributed by atoms with E-state index in [1.54, 1.807) is 12.1 Å². The molecule has 2 heterocycles. The summed E-state index contributed by atoms with van der Waals surface area (Å²) in [5, 5.41) is 2.65. The van der Waals surface area contributed by atoms with Crippen LogP contribution in [-0.2, 0) is 16.4 Å². The molecule has 0 aliphatic carbocycles. The van der Waals surface area contributed by atoms with Crippen LogP contribution in [0.5, 0.6) is 0 Å². The van der Waals surface area contributed by atoms with Gasteiger partial charge < -0.3 is 5.32 Å². The Morgan fingerprint density at radius 3 is 2.95 bits per heavy atom. The molecule has 0 atom stereocenters. The number of rotatable bonds is 3. The Morgan fingerprint density at radius 1 is 1.29 bits per heavy atom. The smallest absolute Gasteiger partial charge is 0.282 e. The van der Waals surface area contributed by atoms with Crippen molar-refractivity contribution in [3.63, 3.8) is 0 Å². The molecule has 7 heteroatoms. The molecule has 0 unspecified atom stereocenters. The van der Waals surface area contributed by atoms with Gasteiger partial charge in [-0.05, 0) is 48.7 Å². The Hall–Kier alpha value is -2.15. The monoisotopic (exact) mass is 307 g/mol. The molecule has 2 aromatic rings. The van der Waals surface area contributed by atoms with Crippen LogP contribution < -0.4 is 10.0 Å². The third-order valence-electron chi connectivity index (χ3n) is 3.28. The van der Waals surface area contributed by atoms with Gasteiger partial charge in [0, 0.05) is 24.1 Å². The number of hydrogen-bond acceptors (Lipinski definition) is 4. The Balaban J connectivity index is 1.91. The summed E-state index contributed by atoms with van der Waals surface area (Å²) >= 11 is 0. The molecular formula is C14H14FN3O2S. The molecule has 0 saturated heterocycles. The lowest BCUT2D eigenvalue weighted by molar-refractivity contribution is 0.557. The minimum absolute atomic E-state index is 0.405. The summed E-state index contributed by atoms with van der Waals surface area (Å²) in [6.45, 7) is 0.914. The van der Waals surface area contributed by atoms with Gasteiger partial charge in [0.15, 0.2) is 5.82 Å². The number of anilines is 2. The van der Waals surface area contributed by atoms with Crippen LogP contribution >= 0.6 is 0 Å². The van der Waals surface area contributed by atoms with Gasteiger partial charge in [-0.15, -0.1) is 0 Å². The summed E-state index contributed by atoms with van der Waals surface area (Å²) in [6.07, 6.45) is 3.13. The lowest BCUT2D eigenvalue weighted by atomic mass is 10.0. The van der Waals surface area contributed by atoms with Crippen LogP contribution in [0.2, 0.25) is 0 Å². The third kappa shape index (κ3) is 2.82. The molecule has 0 spiro atoms. The van der Waals surface area contributed by atoms with Gasteiger partial charge in [-0.3, -0.25) is 4.72 Å². The molecule has 0 bridgehead atoms. The number of aromatic nitrogens is 1. The maximum atomic E-state index is 13.6. The van der Waals surface area contributed by atoms with Crippen molar-refractivity contribution < 1.29 is 12.8 Å². The first-order chi connectivity index (χ1) is 10.1. The highest BCUT2D eigenvalue weighted by Gasteiger charge is 2.21. The van der Waals surface area contributed by atoms with Crippen LogP contribution in [0, 0.1) is 5.82 Å². The highest BCUT2D eigenvalue weighted by molar-refractivity contribution is 7.92. The lowest BCUT2D eigenvalue weighted by Gasteiger charge is -2.19. The van der Waals surface area contributed by atoms with Crippen molar-refractivity contribution in [3.8, 4) is 0 Å². The number of nitrogens with one attached hydrogen (secondary N) is 2. The lowest BCUT2D eigenvalue weighted by Crippen LogP contribution is -2.17. The van der Waals surface area contributed by atoms with E-state index in [4.69, 9.17) is 0 Å². The van der Waals surface area contributed by atoms with E-state index < -0.39 is 20.9 Å². The zero-order chi connectivity index (χ0) is 14.9. The minimum atomic E-state index is -4.03. The van der Waals surface area contributed by atoms with Crippen molar-refractivity contribution in [2.24, 2.45) is 0 Å². The van der Waals surface area contributed by atoms with Crippen molar-refractivity contribution in [1.29, 1.82) is 0 Å². The van der Waals surface area contributed by atoms with E-state index in [1.165, 1.54) is 12.3 Å². The highest BCUT2D eigenvalue weighted by Crippen LogP contribution is 2.26. The van der Waals surface area contributed by atoms with Gasteiger partial charge in [0.25, 0.3) is 10.0 Å². The number of pyridine rings is 1. The fourth-order valence-electron chi connectivity index (χ4n) is 2.31. The predicted octanol–water partition coefficient (Wildman–Crippen LogP) is 2.38. The number of nitrogens with zero attached hydrogens (tertiary/aromatic N) is 1. The molecule has 1 aliphatic heterocycles. The zero-order valence-electron chi connectivity index (χ0n) is 11.1. The SMILES string of the molecule is O=S(=O)(Nc1ccc2c(c1)CCCN2)c1ncccc1F. The molecule has 0 saturated carbocycles. The van der Waals surface area contributed by atoms with Gasteiger partial charge >= 0.3 is 0 Å². The molecule has 2 N–H and O–H groups in total. The van der Waals surface area contributed by atoms with E-state index in [0.29, 0.717) is 5.69 Å². The van der Waals surface area contributed by atoms with Gasteiger partial charge in [0.05, 0.1) is 0 Å². The average Bonchev–Trinajstić information content (AvgIpc) is 2.47. The largest absolute Gasteiger partial charge is 0.385 e. The second-order valence-electron chi connectivity index (χ2n) is 4.80. The van der Waals surface area contributed by atoms with Gasteiger partial charge in [-0.25, -0.2) is 9.37 Å². The molecule has 1 aromatic heterocycles. The topological polar surface area (TPSA) is 71.1 Å². The highest BCUT2D eigenvalue weighted by atomic mass is 32.2. The summed E-state index contributed by atoms with van der Waals surface area (Å²) < 4.78 is 40.3. The quantitative estimate of drug-likeness (QED) is 0.913. The minimum Gasteiger partial charge on any atom is -0.385 e. The molecule has 0 fully saturated rings. The van der Waals surface area contributed by atoms with Crippen LogP contribution in [-0.4, -0.2) is 19.9 Å². The fraction of sp³-hybridized carbons (Fsp3) is 0.214. The van der Waals surface area contributed by atoms with E-state index in [2.05, 4.69) is 15.0 Å². The Kier molecular flexibility index (Phi) is 3.50. The standard InChI is InChI=1S/C14H14FN3O2S/c15-12-4-2-8-17-14(12)21(19,20)18-11-5-6-13-10(9-11)3-1-7-16-13/h2,4-6,8-9,16,18H,1,3,7H2. The van der Waals surface area contributed by atoms with Gasteiger partial charge in [-0.1, -0.05) is 0 Å². The number of hydrogen-bond donors (Lipinski definition) is 2. The van der Waals surface area contributed by atoms with E-state index >= 15 is 0 Å². The van der Waals surface area contributed by atoms with Gasteiger partial charge in [0.2, 0.25) is 5.03 Å². The van der Waals surface area contributed by atoms with Crippen molar-refractivity contribution in [2.75, 3.05) is 16.6 Å².